The summed E-state index contributed by atoms with van der Waals surface area (Å²) in [5.41, 5.74) is 3.84. The Balaban J connectivity index is 1.81. The Morgan fingerprint density at radius 1 is 1.41 bits per heavy atom. The van der Waals surface area contributed by atoms with Gasteiger partial charge in [-0.3, -0.25) is 9.63 Å². The van der Waals surface area contributed by atoms with Crippen LogP contribution in [0.1, 0.15) is 18.9 Å². The number of nitrogens with one attached hydrogen (secondary N) is 1. The summed E-state index contributed by atoms with van der Waals surface area (Å²) >= 11 is 0. The minimum atomic E-state index is -0.277. The molecule has 1 atom stereocenters. The predicted octanol–water partition coefficient (Wildman–Crippen LogP) is 1.33. The van der Waals surface area contributed by atoms with Crippen LogP contribution in [0, 0.1) is 0 Å². The largest absolute Gasteiger partial charge is 0.344 e. The molecule has 1 aliphatic rings. The molecule has 0 unspecified atom stereocenters. The molecule has 1 aromatic rings. The highest BCUT2D eigenvalue weighted by atomic mass is 16.6. The summed E-state index contributed by atoms with van der Waals surface area (Å²) in [6, 6.07) is 9.95. The van der Waals surface area contributed by atoms with Crippen molar-refractivity contribution >= 4 is 5.91 Å². The van der Waals surface area contributed by atoms with E-state index in [1.807, 2.05) is 44.3 Å². The molecule has 1 heterocycles. The van der Waals surface area contributed by atoms with Crippen molar-refractivity contribution in [3.8, 4) is 0 Å². The number of likely N-dealkylation sites (tertiary alicyclic amines) is 1. The lowest BCUT2D eigenvalue weighted by molar-refractivity contribution is -0.126. The Morgan fingerprint density at radius 2 is 2.12 bits per heavy atom. The molecule has 0 radical (unpaired) electrons. The van der Waals surface area contributed by atoms with Gasteiger partial charge in [-0.2, -0.15) is 5.48 Å². The summed E-state index contributed by atoms with van der Waals surface area (Å²) in [5.74, 6) is 0.156. The van der Waals surface area contributed by atoms with Gasteiger partial charge in [-0.1, -0.05) is 30.3 Å². The maximum Gasteiger partial charge on any atom is 0.224 e. The minimum Gasteiger partial charge on any atom is -0.344 e. The van der Waals surface area contributed by atoms with Gasteiger partial charge in [0.05, 0.1) is 12.1 Å². The smallest absolute Gasteiger partial charge is 0.224 e. The third-order valence-corrected chi connectivity index (χ3v) is 2.95. The van der Waals surface area contributed by atoms with Crippen molar-refractivity contribution in [3.63, 3.8) is 0 Å². The van der Waals surface area contributed by atoms with Crippen LogP contribution in [-0.2, 0) is 16.2 Å². The molecule has 17 heavy (non-hydrogen) atoms. The molecule has 1 saturated heterocycles. The van der Waals surface area contributed by atoms with Crippen molar-refractivity contribution in [1.82, 2.24) is 10.4 Å². The summed E-state index contributed by atoms with van der Waals surface area (Å²) in [5, 5.41) is 0. The number of rotatable bonds is 4. The lowest BCUT2D eigenvalue weighted by Crippen LogP contribution is -2.44. The second-order valence-corrected chi connectivity index (χ2v) is 4.86. The van der Waals surface area contributed by atoms with Crippen LogP contribution in [0.5, 0.6) is 0 Å². The highest BCUT2D eigenvalue weighted by Gasteiger charge is 2.37. The number of carbonyl (C=O) groups excluding carboxylic acids is 1. The standard InChI is InChI=1S/C13H18N2O2/c1-13(8-12(16)15(2)10-13)14-17-9-11-6-4-3-5-7-11/h3-7,14H,8-10H2,1-2H3/t13-/m1/s1. The molecule has 1 aromatic carbocycles. The summed E-state index contributed by atoms with van der Waals surface area (Å²) in [6.45, 7) is 3.19. The normalized spacial score (nSPS) is 24.4. The Morgan fingerprint density at radius 3 is 2.71 bits per heavy atom. The van der Waals surface area contributed by atoms with Crippen molar-refractivity contribution in [1.29, 1.82) is 0 Å². The third-order valence-electron chi connectivity index (χ3n) is 2.95. The zero-order valence-corrected chi connectivity index (χ0v) is 10.3. The zero-order valence-electron chi connectivity index (χ0n) is 10.3. The van der Waals surface area contributed by atoms with Crippen molar-refractivity contribution in [3.05, 3.63) is 35.9 Å². The van der Waals surface area contributed by atoms with Crippen LogP contribution in [0.25, 0.3) is 0 Å². The Labute approximate surface area is 102 Å². The number of benzene rings is 1. The van der Waals surface area contributed by atoms with Gasteiger partial charge in [0.15, 0.2) is 0 Å². The molecular weight excluding hydrogens is 216 g/mol. The SMILES string of the molecule is CN1C[C@](C)(NOCc2ccccc2)CC1=O. The molecular formula is C13H18N2O2. The average Bonchev–Trinajstić information content (AvgIpc) is 2.54. The number of hydroxylamine groups is 1. The van der Waals surface area contributed by atoms with E-state index < -0.39 is 0 Å². The van der Waals surface area contributed by atoms with E-state index in [1.54, 1.807) is 4.90 Å². The predicted molar refractivity (Wildman–Crippen MR) is 65.0 cm³/mol. The maximum atomic E-state index is 11.5. The van der Waals surface area contributed by atoms with Gasteiger partial charge < -0.3 is 4.90 Å². The molecule has 0 aromatic heterocycles. The van der Waals surface area contributed by atoms with Gasteiger partial charge in [-0.25, -0.2) is 0 Å². The van der Waals surface area contributed by atoms with Crippen LogP contribution in [0.15, 0.2) is 30.3 Å². The lowest BCUT2D eigenvalue weighted by atomic mass is 10.0. The number of likely N-dealkylation sites (N-methyl/N-ethyl adjacent to an activating group) is 1. The number of nitrogens with zero attached hydrogens (tertiary/aromatic N) is 1. The second kappa shape index (κ2) is 4.85. The van der Waals surface area contributed by atoms with E-state index in [1.165, 1.54) is 0 Å². The first-order chi connectivity index (χ1) is 8.09. The monoisotopic (exact) mass is 234 g/mol. The Kier molecular flexibility index (Phi) is 3.45. The van der Waals surface area contributed by atoms with Crippen molar-refractivity contribution in [2.45, 2.75) is 25.5 Å². The van der Waals surface area contributed by atoms with Crippen LogP contribution in [0.2, 0.25) is 0 Å². The van der Waals surface area contributed by atoms with Crippen molar-refractivity contribution in [2.24, 2.45) is 0 Å². The molecule has 4 heteroatoms. The highest BCUT2D eigenvalue weighted by molar-refractivity contribution is 5.79. The number of carbonyl (C=O) groups is 1. The topological polar surface area (TPSA) is 41.6 Å². The van der Waals surface area contributed by atoms with Crippen LogP contribution < -0.4 is 5.48 Å². The molecule has 2 rings (SSSR count). The quantitative estimate of drug-likeness (QED) is 0.799. The van der Waals surface area contributed by atoms with Crippen molar-refractivity contribution < 1.29 is 9.63 Å². The first-order valence-electron chi connectivity index (χ1n) is 5.76. The lowest BCUT2D eigenvalue weighted by Gasteiger charge is -2.23. The van der Waals surface area contributed by atoms with Gasteiger partial charge in [0.25, 0.3) is 0 Å². The van der Waals surface area contributed by atoms with Gasteiger partial charge in [-0.15, -0.1) is 0 Å². The molecule has 0 spiro atoms. The van der Waals surface area contributed by atoms with E-state index >= 15 is 0 Å². The van der Waals surface area contributed by atoms with Gasteiger partial charge in [-0.05, 0) is 12.5 Å². The molecule has 92 valence electrons. The van der Waals surface area contributed by atoms with Gasteiger partial charge in [0, 0.05) is 20.0 Å². The number of hydrogen-bond acceptors (Lipinski definition) is 3. The molecule has 4 nitrogen and oxygen atoms in total. The van der Waals surface area contributed by atoms with E-state index in [0.717, 1.165) is 5.56 Å². The van der Waals surface area contributed by atoms with E-state index in [0.29, 0.717) is 19.6 Å². The van der Waals surface area contributed by atoms with E-state index in [4.69, 9.17) is 4.84 Å². The molecule has 1 N–H and O–H groups in total. The Hall–Kier alpha value is -1.39. The second-order valence-electron chi connectivity index (χ2n) is 4.86. The molecule has 1 aliphatic heterocycles. The summed E-state index contributed by atoms with van der Waals surface area (Å²) in [6.07, 6.45) is 0.484. The molecule has 0 aliphatic carbocycles. The fourth-order valence-electron chi connectivity index (χ4n) is 2.07. The van der Waals surface area contributed by atoms with E-state index in [9.17, 15) is 4.79 Å². The summed E-state index contributed by atoms with van der Waals surface area (Å²) in [4.78, 5) is 18.6. The number of amides is 1. The van der Waals surface area contributed by atoms with Gasteiger partial charge >= 0.3 is 0 Å². The van der Waals surface area contributed by atoms with Crippen LogP contribution in [0.3, 0.4) is 0 Å². The molecule has 1 fully saturated rings. The molecule has 1 amide bonds. The van der Waals surface area contributed by atoms with Crippen LogP contribution >= 0.6 is 0 Å². The fraction of sp³-hybridized carbons (Fsp3) is 0.462. The fourth-order valence-corrected chi connectivity index (χ4v) is 2.07. The molecule has 0 saturated carbocycles. The number of hydrogen-bond donors (Lipinski definition) is 1. The average molecular weight is 234 g/mol. The minimum absolute atomic E-state index is 0.156. The van der Waals surface area contributed by atoms with Crippen LogP contribution in [0.4, 0.5) is 0 Å². The summed E-state index contributed by atoms with van der Waals surface area (Å²) in [7, 11) is 1.81. The summed E-state index contributed by atoms with van der Waals surface area (Å²) < 4.78 is 0. The van der Waals surface area contributed by atoms with Gasteiger partial charge in [0.2, 0.25) is 5.91 Å². The molecule has 0 bridgehead atoms. The maximum absolute atomic E-state index is 11.5. The van der Waals surface area contributed by atoms with E-state index in [2.05, 4.69) is 5.48 Å². The highest BCUT2D eigenvalue weighted by Crippen LogP contribution is 2.20. The first-order valence-corrected chi connectivity index (χ1v) is 5.76. The third kappa shape index (κ3) is 3.05. The zero-order chi connectivity index (χ0) is 12.3. The van der Waals surface area contributed by atoms with Crippen LogP contribution in [-0.4, -0.2) is 29.9 Å². The van der Waals surface area contributed by atoms with Crippen molar-refractivity contribution in [2.75, 3.05) is 13.6 Å². The first kappa shape index (κ1) is 12.1. The van der Waals surface area contributed by atoms with E-state index in [-0.39, 0.29) is 11.4 Å². The van der Waals surface area contributed by atoms with Gasteiger partial charge in [0.1, 0.15) is 0 Å². The Bertz CT molecular complexity index is 394.